The van der Waals surface area contributed by atoms with Crippen LogP contribution in [0.15, 0.2) is 30.3 Å². The Labute approximate surface area is 114 Å². The molecule has 1 aromatic carbocycles. The highest BCUT2D eigenvalue weighted by Crippen LogP contribution is 2.17. The van der Waals surface area contributed by atoms with Gasteiger partial charge in [0.2, 0.25) is 5.91 Å². The molecular weight excluding hydrogens is 240 g/mol. The van der Waals surface area contributed by atoms with E-state index in [0.29, 0.717) is 12.6 Å². The summed E-state index contributed by atoms with van der Waals surface area (Å²) in [5.74, 6) is 0.0205. The van der Waals surface area contributed by atoms with E-state index in [4.69, 9.17) is 0 Å². The molecular formula is C15H22N2O2. The average molecular weight is 262 g/mol. The second-order valence-electron chi connectivity index (χ2n) is 5.11. The van der Waals surface area contributed by atoms with Gasteiger partial charge in [-0.2, -0.15) is 0 Å². The molecule has 0 spiro atoms. The Morgan fingerprint density at radius 2 is 1.95 bits per heavy atom. The van der Waals surface area contributed by atoms with Crippen LogP contribution in [0.4, 0.5) is 0 Å². The van der Waals surface area contributed by atoms with Crippen molar-refractivity contribution >= 4 is 5.91 Å². The predicted octanol–water partition coefficient (Wildman–Crippen LogP) is 1.37. The quantitative estimate of drug-likeness (QED) is 0.725. The van der Waals surface area contributed by atoms with Crippen LogP contribution in [-0.4, -0.2) is 30.1 Å². The molecule has 0 radical (unpaired) electrons. The zero-order chi connectivity index (χ0) is 13.5. The number of carbonyl (C=O) groups is 1. The number of benzene rings is 1. The maximum Gasteiger partial charge on any atom is 0.234 e. The molecule has 104 valence electrons. The molecule has 0 aliphatic heterocycles. The number of aliphatic hydroxyl groups is 1. The van der Waals surface area contributed by atoms with Gasteiger partial charge in [-0.1, -0.05) is 43.2 Å². The van der Waals surface area contributed by atoms with Gasteiger partial charge in [-0.15, -0.1) is 0 Å². The van der Waals surface area contributed by atoms with E-state index in [0.717, 1.165) is 18.4 Å². The second-order valence-corrected chi connectivity index (χ2v) is 5.11. The zero-order valence-corrected chi connectivity index (χ0v) is 11.1. The highest BCUT2D eigenvalue weighted by molar-refractivity contribution is 5.78. The fraction of sp³-hybridized carbons (Fsp3) is 0.533. The van der Waals surface area contributed by atoms with Crippen molar-refractivity contribution in [1.82, 2.24) is 10.6 Å². The van der Waals surface area contributed by atoms with Gasteiger partial charge in [-0.3, -0.25) is 4.79 Å². The number of amides is 1. The SMILES string of the molecule is O=C(CNCC(O)c1ccccc1)NC1CCCC1. The van der Waals surface area contributed by atoms with Gasteiger partial charge < -0.3 is 15.7 Å². The van der Waals surface area contributed by atoms with Crippen molar-refractivity contribution in [2.75, 3.05) is 13.1 Å². The summed E-state index contributed by atoms with van der Waals surface area (Å²) in [4.78, 5) is 11.7. The van der Waals surface area contributed by atoms with Crippen molar-refractivity contribution in [2.24, 2.45) is 0 Å². The summed E-state index contributed by atoms with van der Waals surface area (Å²) in [7, 11) is 0. The molecule has 1 aromatic rings. The first-order valence-electron chi connectivity index (χ1n) is 6.99. The van der Waals surface area contributed by atoms with Gasteiger partial charge in [0.15, 0.2) is 0 Å². The number of hydrogen-bond acceptors (Lipinski definition) is 3. The maximum atomic E-state index is 11.7. The van der Waals surface area contributed by atoms with Gasteiger partial charge in [-0.05, 0) is 18.4 Å². The number of aliphatic hydroxyl groups excluding tert-OH is 1. The van der Waals surface area contributed by atoms with Gasteiger partial charge >= 0.3 is 0 Å². The van der Waals surface area contributed by atoms with Crippen LogP contribution in [0.1, 0.15) is 37.4 Å². The second kappa shape index (κ2) is 7.26. The lowest BCUT2D eigenvalue weighted by Gasteiger charge is -2.14. The summed E-state index contributed by atoms with van der Waals surface area (Å²) >= 11 is 0. The Morgan fingerprint density at radius 3 is 2.63 bits per heavy atom. The smallest absolute Gasteiger partial charge is 0.234 e. The van der Waals surface area contributed by atoms with Gasteiger partial charge in [0.1, 0.15) is 0 Å². The first-order chi connectivity index (χ1) is 9.25. The highest BCUT2D eigenvalue weighted by Gasteiger charge is 2.16. The molecule has 0 heterocycles. The van der Waals surface area contributed by atoms with E-state index in [1.54, 1.807) is 0 Å². The van der Waals surface area contributed by atoms with E-state index in [1.165, 1.54) is 12.8 Å². The minimum Gasteiger partial charge on any atom is -0.387 e. The van der Waals surface area contributed by atoms with Gasteiger partial charge in [-0.25, -0.2) is 0 Å². The first-order valence-corrected chi connectivity index (χ1v) is 6.99. The van der Waals surface area contributed by atoms with Crippen LogP contribution >= 0.6 is 0 Å². The molecule has 2 rings (SSSR count). The van der Waals surface area contributed by atoms with Gasteiger partial charge in [0.25, 0.3) is 0 Å². The maximum absolute atomic E-state index is 11.7. The molecule has 1 saturated carbocycles. The summed E-state index contributed by atoms with van der Waals surface area (Å²) in [6.07, 6.45) is 4.05. The molecule has 4 nitrogen and oxygen atoms in total. The number of carbonyl (C=O) groups excluding carboxylic acids is 1. The molecule has 1 unspecified atom stereocenters. The predicted molar refractivity (Wildman–Crippen MR) is 74.7 cm³/mol. The van der Waals surface area contributed by atoms with Crippen molar-refractivity contribution in [3.8, 4) is 0 Å². The summed E-state index contributed by atoms with van der Waals surface area (Å²) in [6.45, 7) is 0.655. The van der Waals surface area contributed by atoms with Crippen LogP contribution in [-0.2, 0) is 4.79 Å². The zero-order valence-electron chi connectivity index (χ0n) is 11.1. The molecule has 1 atom stereocenters. The van der Waals surface area contributed by atoms with Crippen LogP contribution in [0.25, 0.3) is 0 Å². The van der Waals surface area contributed by atoms with E-state index < -0.39 is 6.10 Å². The third-order valence-corrected chi connectivity index (χ3v) is 3.53. The monoisotopic (exact) mass is 262 g/mol. The van der Waals surface area contributed by atoms with E-state index in [1.807, 2.05) is 30.3 Å². The third-order valence-electron chi connectivity index (χ3n) is 3.53. The Balaban J connectivity index is 1.64. The summed E-state index contributed by atoms with van der Waals surface area (Å²) < 4.78 is 0. The van der Waals surface area contributed by atoms with E-state index in [9.17, 15) is 9.90 Å². The largest absolute Gasteiger partial charge is 0.387 e. The van der Waals surface area contributed by atoms with Crippen molar-refractivity contribution < 1.29 is 9.90 Å². The Kier molecular flexibility index (Phi) is 5.36. The summed E-state index contributed by atoms with van der Waals surface area (Å²) in [6, 6.07) is 9.82. The molecule has 1 fully saturated rings. The first kappa shape index (κ1) is 14.0. The minimum absolute atomic E-state index is 0.0205. The normalized spacial score (nSPS) is 17.3. The summed E-state index contributed by atoms with van der Waals surface area (Å²) in [5.41, 5.74) is 0.867. The molecule has 3 N–H and O–H groups in total. The van der Waals surface area contributed by atoms with Crippen molar-refractivity contribution in [1.29, 1.82) is 0 Å². The van der Waals surface area contributed by atoms with Crippen LogP contribution in [0.3, 0.4) is 0 Å². The van der Waals surface area contributed by atoms with Crippen LogP contribution in [0, 0.1) is 0 Å². The van der Waals surface area contributed by atoms with Crippen LogP contribution in [0.2, 0.25) is 0 Å². The lowest BCUT2D eigenvalue weighted by atomic mass is 10.1. The fourth-order valence-corrected chi connectivity index (χ4v) is 2.46. The van der Waals surface area contributed by atoms with Crippen molar-refractivity contribution in [3.63, 3.8) is 0 Å². The number of rotatable bonds is 6. The molecule has 0 aromatic heterocycles. The van der Waals surface area contributed by atoms with Gasteiger partial charge in [0, 0.05) is 12.6 Å². The number of hydrogen-bond donors (Lipinski definition) is 3. The minimum atomic E-state index is -0.569. The van der Waals surface area contributed by atoms with E-state index in [-0.39, 0.29) is 12.5 Å². The average Bonchev–Trinajstić information content (AvgIpc) is 2.92. The van der Waals surface area contributed by atoms with Crippen molar-refractivity contribution in [3.05, 3.63) is 35.9 Å². The number of nitrogens with one attached hydrogen (secondary N) is 2. The standard InChI is InChI=1S/C15H22N2O2/c18-14(12-6-2-1-3-7-12)10-16-11-15(19)17-13-8-4-5-9-13/h1-3,6-7,13-14,16,18H,4-5,8-11H2,(H,17,19). The Hall–Kier alpha value is -1.39. The molecule has 1 amide bonds. The summed E-state index contributed by atoms with van der Waals surface area (Å²) in [5, 5.41) is 15.9. The molecule has 4 heteroatoms. The third kappa shape index (κ3) is 4.65. The Bertz CT molecular complexity index is 388. The molecule has 1 aliphatic carbocycles. The van der Waals surface area contributed by atoms with Crippen LogP contribution in [0.5, 0.6) is 0 Å². The molecule has 0 saturated heterocycles. The lowest BCUT2D eigenvalue weighted by Crippen LogP contribution is -2.40. The Morgan fingerprint density at radius 1 is 1.26 bits per heavy atom. The molecule has 1 aliphatic rings. The van der Waals surface area contributed by atoms with Gasteiger partial charge in [0.05, 0.1) is 12.6 Å². The topological polar surface area (TPSA) is 61.4 Å². The van der Waals surface area contributed by atoms with E-state index >= 15 is 0 Å². The fourth-order valence-electron chi connectivity index (χ4n) is 2.46. The van der Waals surface area contributed by atoms with Crippen molar-refractivity contribution in [2.45, 2.75) is 37.8 Å². The highest BCUT2D eigenvalue weighted by atomic mass is 16.3. The molecule has 0 bridgehead atoms. The lowest BCUT2D eigenvalue weighted by molar-refractivity contribution is -0.120. The molecule has 19 heavy (non-hydrogen) atoms. The van der Waals surface area contributed by atoms with E-state index in [2.05, 4.69) is 10.6 Å². The van der Waals surface area contributed by atoms with Crippen LogP contribution < -0.4 is 10.6 Å².